The van der Waals surface area contributed by atoms with Gasteiger partial charge in [0.15, 0.2) is 0 Å². The topological polar surface area (TPSA) is 53.7 Å². The maximum absolute atomic E-state index is 6.06. The predicted molar refractivity (Wildman–Crippen MR) is 76.4 cm³/mol. The lowest BCUT2D eigenvalue weighted by molar-refractivity contribution is 0.0940. The molecular formula is C15H25NO3. The van der Waals surface area contributed by atoms with E-state index in [4.69, 9.17) is 19.9 Å². The van der Waals surface area contributed by atoms with Crippen molar-refractivity contribution in [3.8, 4) is 5.75 Å². The fraction of sp³-hybridized carbons (Fsp3) is 0.600. The molecule has 1 atom stereocenters. The fourth-order valence-corrected chi connectivity index (χ4v) is 1.68. The molecule has 108 valence electrons. The minimum Gasteiger partial charge on any atom is -0.491 e. The van der Waals surface area contributed by atoms with Gasteiger partial charge in [0.05, 0.1) is 18.8 Å². The molecule has 0 spiro atoms. The van der Waals surface area contributed by atoms with Gasteiger partial charge in [-0.2, -0.15) is 0 Å². The first-order chi connectivity index (χ1) is 9.13. The van der Waals surface area contributed by atoms with Crippen molar-refractivity contribution in [3.05, 3.63) is 29.8 Å². The van der Waals surface area contributed by atoms with E-state index in [0.29, 0.717) is 13.2 Å². The van der Waals surface area contributed by atoms with Crippen molar-refractivity contribution in [3.63, 3.8) is 0 Å². The molecule has 19 heavy (non-hydrogen) atoms. The third-order valence-electron chi connectivity index (χ3n) is 2.61. The van der Waals surface area contributed by atoms with Gasteiger partial charge in [-0.1, -0.05) is 12.1 Å². The van der Waals surface area contributed by atoms with Crippen LogP contribution in [0.5, 0.6) is 5.75 Å². The Kier molecular flexibility index (Phi) is 7.48. The van der Waals surface area contributed by atoms with E-state index in [1.165, 1.54) is 0 Å². The van der Waals surface area contributed by atoms with Crippen molar-refractivity contribution in [2.75, 3.05) is 26.9 Å². The maximum atomic E-state index is 6.06. The summed E-state index contributed by atoms with van der Waals surface area (Å²) in [6.45, 7) is 5.93. The Hall–Kier alpha value is -1.10. The summed E-state index contributed by atoms with van der Waals surface area (Å²) in [6.07, 6.45) is 1.08. The molecule has 1 aromatic rings. The summed E-state index contributed by atoms with van der Waals surface area (Å²) in [4.78, 5) is 0. The number of hydrogen-bond donors (Lipinski definition) is 1. The van der Waals surface area contributed by atoms with E-state index in [1.807, 2.05) is 38.1 Å². The molecule has 0 amide bonds. The molecule has 0 aromatic heterocycles. The zero-order valence-corrected chi connectivity index (χ0v) is 12.1. The molecule has 0 heterocycles. The maximum Gasteiger partial charge on any atom is 0.119 e. The average Bonchev–Trinajstić information content (AvgIpc) is 2.38. The van der Waals surface area contributed by atoms with Crippen molar-refractivity contribution < 1.29 is 14.2 Å². The molecule has 0 saturated heterocycles. The highest BCUT2D eigenvalue weighted by molar-refractivity contribution is 5.29. The number of rotatable bonds is 9. The Labute approximate surface area is 115 Å². The number of methoxy groups -OCH3 is 1. The molecule has 1 aromatic carbocycles. The van der Waals surface area contributed by atoms with Crippen LogP contribution in [-0.2, 0) is 9.47 Å². The van der Waals surface area contributed by atoms with Gasteiger partial charge in [-0.15, -0.1) is 0 Å². The van der Waals surface area contributed by atoms with Gasteiger partial charge in [0.2, 0.25) is 0 Å². The van der Waals surface area contributed by atoms with Crippen molar-refractivity contribution in [2.24, 2.45) is 5.73 Å². The number of hydrogen-bond acceptors (Lipinski definition) is 4. The molecule has 0 radical (unpaired) electrons. The summed E-state index contributed by atoms with van der Waals surface area (Å²) in [6, 6.07) is 7.76. The zero-order valence-electron chi connectivity index (χ0n) is 12.1. The van der Waals surface area contributed by atoms with Crippen LogP contribution in [-0.4, -0.2) is 33.0 Å². The first-order valence-electron chi connectivity index (χ1n) is 6.72. The summed E-state index contributed by atoms with van der Waals surface area (Å²) in [5, 5.41) is 0. The van der Waals surface area contributed by atoms with E-state index in [-0.39, 0.29) is 12.1 Å². The van der Waals surface area contributed by atoms with Crippen LogP contribution in [0.15, 0.2) is 24.3 Å². The van der Waals surface area contributed by atoms with Crippen LogP contribution in [0, 0.1) is 0 Å². The number of nitrogens with two attached hydrogens (primary N) is 1. The van der Waals surface area contributed by atoms with Gasteiger partial charge in [0, 0.05) is 20.3 Å². The highest BCUT2D eigenvalue weighted by Crippen LogP contribution is 2.17. The Morgan fingerprint density at radius 3 is 2.37 bits per heavy atom. The van der Waals surface area contributed by atoms with E-state index in [1.54, 1.807) is 7.11 Å². The molecule has 1 rings (SSSR count). The lowest BCUT2D eigenvalue weighted by Crippen LogP contribution is -2.18. The van der Waals surface area contributed by atoms with Gasteiger partial charge in [-0.05, 0) is 38.0 Å². The second-order valence-electron chi connectivity index (χ2n) is 4.76. The Balaban J connectivity index is 2.33. The molecule has 4 heteroatoms. The molecule has 0 fully saturated rings. The molecule has 0 aliphatic heterocycles. The summed E-state index contributed by atoms with van der Waals surface area (Å²) >= 11 is 0. The van der Waals surface area contributed by atoms with Crippen molar-refractivity contribution in [2.45, 2.75) is 32.4 Å². The third-order valence-corrected chi connectivity index (χ3v) is 2.61. The first-order valence-corrected chi connectivity index (χ1v) is 6.72. The molecule has 2 N–H and O–H groups in total. The largest absolute Gasteiger partial charge is 0.491 e. The zero-order chi connectivity index (χ0) is 14.1. The van der Waals surface area contributed by atoms with Gasteiger partial charge in [0.1, 0.15) is 5.75 Å². The molecule has 4 nitrogen and oxygen atoms in total. The summed E-state index contributed by atoms with van der Waals surface area (Å²) in [5.74, 6) is 0.868. The third kappa shape index (κ3) is 6.57. The van der Waals surface area contributed by atoms with Crippen LogP contribution in [0.2, 0.25) is 0 Å². The highest BCUT2D eigenvalue weighted by Gasteiger charge is 2.06. The Bertz CT molecular complexity index is 338. The quantitative estimate of drug-likeness (QED) is 0.699. The first kappa shape index (κ1) is 16.0. The van der Waals surface area contributed by atoms with Crippen molar-refractivity contribution in [1.82, 2.24) is 0 Å². The average molecular weight is 267 g/mol. The van der Waals surface area contributed by atoms with E-state index in [9.17, 15) is 0 Å². The van der Waals surface area contributed by atoms with Crippen LogP contribution in [0.25, 0.3) is 0 Å². The minimum absolute atomic E-state index is 0.101. The number of ether oxygens (including phenoxy) is 3. The lowest BCUT2D eigenvalue weighted by atomic mass is 10.1. The van der Waals surface area contributed by atoms with Gasteiger partial charge in [0.25, 0.3) is 0 Å². The molecule has 0 aliphatic carbocycles. The normalized spacial score (nSPS) is 12.7. The van der Waals surface area contributed by atoms with Crippen LogP contribution >= 0.6 is 0 Å². The van der Waals surface area contributed by atoms with Crippen molar-refractivity contribution in [1.29, 1.82) is 0 Å². The molecule has 0 aliphatic rings. The highest BCUT2D eigenvalue weighted by atomic mass is 16.5. The van der Waals surface area contributed by atoms with E-state index in [0.717, 1.165) is 24.3 Å². The summed E-state index contributed by atoms with van der Waals surface area (Å²) in [5.41, 5.74) is 7.12. The van der Waals surface area contributed by atoms with Gasteiger partial charge < -0.3 is 19.9 Å². The second kappa shape index (κ2) is 8.91. The molecule has 0 bridgehead atoms. The van der Waals surface area contributed by atoms with E-state index < -0.39 is 0 Å². The lowest BCUT2D eigenvalue weighted by Gasteiger charge is -2.14. The van der Waals surface area contributed by atoms with Crippen LogP contribution in [0.4, 0.5) is 0 Å². The monoisotopic (exact) mass is 267 g/mol. The van der Waals surface area contributed by atoms with Gasteiger partial charge >= 0.3 is 0 Å². The van der Waals surface area contributed by atoms with Gasteiger partial charge in [-0.3, -0.25) is 0 Å². The fourth-order valence-electron chi connectivity index (χ4n) is 1.68. The predicted octanol–water partition coefficient (Wildman–Crippen LogP) is 2.53. The van der Waals surface area contributed by atoms with Crippen LogP contribution in [0.1, 0.15) is 31.9 Å². The van der Waals surface area contributed by atoms with Crippen LogP contribution in [0.3, 0.4) is 0 Å². The molecule has 1 unspecified atom stereocenters. The summed E-state index contributed by atoms with van der Waals surface area (Å²) in [7, 11) is 1.69. The molecular weight excluding hydrogens is 242 g/mol. The Morgan fingerprint density at radius 1 is 1.11 bits per heavy atom. The van der Waals surface area contributed by atoms with Crippen molar-refractivity contribution >= 4 is 0 Å². The Morgan fingerprint density at radius 2 is 1.79 bits per heavy atom. The van der Waals surface area contributed by atoms with Crippen LogP contribution < -0.4 is 10.5 Å². The number of benzene rings is 1. The second-order valence-corrected chi connectivity index (χ2v) is 4.76. The smallest absolute Gasteiger partial charge is 0.119 e. The molecule has 0 saturated carbocycles. The van der Waals surface area contributed by atoms with E-state index in [2.05, 4.69) is 0 Å². The van der Waals surface area contributed by atoms with E-state index >= 15 is 0 Å². The summed E-state index contributed by atoms with van der Waals surface area (Å²) < 4.78 is 16.1. The van der Waals surface area contributed by atoms with Gasteiger partial charge in [-0.25, -0.2) is 0 Å². The standard InChI is InChI=1S/C15H25NO3/c1-12(2)19-14-7-5-13(6-8-14)15(16)11-18-10-4-9-17-3/h5-8,12,15H,4,9-11,16H2,1-3H3. The minimum atomic E-state index is -0.101. The SMILES string of the molecule is COCCCOCC(N)c1ccc(OC(C)C)cc1.